The first-order valence-corrected chi connectivity index (χ1v) is 19.6. The van der Waals surface area contributed by atoms with Gasteiger partial charge >= 0.3 is 0 Å². The number of likely N-dealkylation sites (tertiary alicyclic amines) is 1. The molecule has 0 spiro atoms. The summed E-state index contributed by atoms with van der Waals surface area (Å²) in [6.45, 7) is 4.80. The summed E-state index contributed by atoms with van der Waals surface area (Å²) >= 11 is 13.7. The number of pyridine rings is 1. The molecule has 0 bridgehead atoms. The Bertz CT molecular complexity index is 1970. The topological polar surface area (TPSA) is 95.9 Å². The van der Waals surface area contributed by atoms with Crippen molar-refractivity contribution >= 4 is 57.5 Å². The number of ether oxygens (including phenoxy) is 1. The molecule has 3 aromatic carbocycles. The standard InChI is InChI=1S/C42H51Cl2N5O4/c1-45-41(51)13-11-32(27-50)46-31-10-12-39(38(44)24-31)49-20-16-29(17-21-49)9-8-28-14-18-48(19-15-28)26-36-37(43)22-30(23-40(36)53-3)35-25-47(2)42(52)34-7-5-4-6-33(34)35/h4-7,10,12,22-25,27-29,32,46H,8-9,11,13-21,26H2,1-3H3,(H,45,51). The van der Waals surface area contributed by atoms with Gasteiger partial charge in [0, 0.05) is 73.6 Å². The first kappa shape index (κ1) is 38.7. The van der Waals surface area contributed by atoms with Gasteiger partial charge in [-0.2, -0.15) is 0 Å². The molecule has 1 aromatic heterocycles. The van der Waals surface area contributed by atoms with E-state index in [4.69, 9.17) is 27.9 Å². The van der Waals surface area contributed by atoms with Gasteiger partial charge in [-0.05, 0) is 104 Å². The van der Waals surface area contributed by atoms with Crippen LogP contribution >= 0.6 is 23.2 Å². The molecule has 4 aromatic rings. The maximum atomic E-state index is 12.7. The number of rotatable bonds is 14. The Morgan fingerprint density at radius 2 is 1.62 bits per heavy atom. The van der Waals surface area contributed by atoms with Crippen molar-refractivity contribution in [1.29, 1.82) is 0 Å². The molecule has 0 radical (unpaired) electrons. The van der Waals surface area contributed by atoms with Gasteiger partial charge in [0.15, 0.2) is 0 Å². The van der Waals surface area contributed by atoms with Crippen LogP contribution in [0.15, 0.2) is 65.6 Å². The number of halogens is 2. The molecule has 2 saturated heterocycles. The lowest BCUT2D eigenvalue weighted by atomic mass is 9.85. The Morgan fingerprint density at radius 1 is 0.943 bits per heavy atom. The van der Waals surface area contributed by atoms with Crippen molar-refractivity contribution in [1.82, 2.24) is 14.8 Å². The molecule has 3 heterocycles. The third-order valence-corrected chi connectivity index (χ3v) is 11.9. The van der Waals surface area contributed by atoms with Gasteiger partial charge < -0.3 is 29.6 Å². The lowest BCUT2D eigenvalue weighted by Crippen LogP contribution is -2.35. The normalized spacial score (nSPS) is 16.4. The number of hydrogen-bond donors (Lipinski definition) is 2. The van der Waals surface area contributed by atoms with Crippen molar-refractivity contribution < 1.29 is 14.3 Å². The monoisotopic (exact) mass is 759 g/mol. The number of methoxy groups -OCH3 is 1. The fraction of sp³-hybridized carbons (Fsp3) is 0.452. The predicted molar refractivity (Wildman–Crippen MR) is 217 cm³/mol. The number of hydrogen-bond acceptors (Lipinski definition) is 7. The molecule has 282 valence electrons. The van der Waals surface area contributed by atoms with Crippen LogP contribution in [-0.4, -0.2) is 68.0 Å². The van der Waals surface area contributed by atoms with E-state index in [0.29, 0.717) is 21.9 Å². The highest BCUT2D eigenvalue weighted by molar-refractivity contribution is 6.33. The van der Waals surface area contributed by atoms with E-state index in [1.165, 1.54) is 25.7 Å². The van der Waals surface area contributed by atoms with Crippen molar-refractivity contribution in [2.45, 2.75) is 64.0 Å². The Kier molecular flexibility index (Phi) is 13.0. The summed E-state index contributed by atoms with van der Waals surface area (Å²) in [5, 5.41) is 8.72. The lowest BCUT2D eigenvalue weighted by Gasteiger charge is -2.36. The van der Waals surface area contributed by atoms with E-state index in [-0.39, 0.29) is 17.9 Å². The van der Waals surface area contributed by atoms with Crippen molar-refractivity contribution in [3.05, 3.63) is 86.8 Å². The Balaban J connectivity index is 0.967. The molecule has 0 saturated carbocycles. The summed E-state index contributed by atoms with van der Waals surface area (Å²) in [7, 11) is 5.07. The molecular weight excluding hydrogens is 709 g/mol. The highest BCUT2D eigenvalue weighted by atomic mass is 35.5. The molecule has 2 aliphatic rings. The largest absolute Gasteiger partial charge is 0.496 e. The zero-order chi connectivity index (χ0) is 37.5. The summed E-state index contributed by atoms with van der Waals surface area (Å²) in [5.41, 5.74) is 4.68. The van der Waals surface area contributed by atoms with Crippen LogP contribution in [0.1, 0.15) is 56.9 Å². The van der Waals surface area contributed by atoms with E-state index in [1.54, 1.807) is 25.8 Å². The van der Waals surface area contributed by atoms with Crippen LogP contribution in [0.25, 0.3) is 21.9 Å². The number of fused-ring (bicyclic) bond motifs is 1. The highest BCUT2D eigenvalue weighted by Crippen LogP contribution is 2.38. The molecule has 6 rings (SSSR count). The van der Waals surface area contributed by atoms with Gasteiger partial charge in [0.2, 0.25) is 5.91 Å². The zero-order valence-electron chi connectivity index (χ0n) is 31.0. The number of amides is 1. The minimum atomic E-state index is -0.446. The second kappa shape index (κ2) is 17.9. The molecular formula is C42H51Cl2N5O4. The lowest BCUT2D eigenvalue weighted by molar-refractivity contribution is -0.120. The fourth-order valence-electron chi connectivity index (χ4n) is 7.99. The molecule has 1 atom stereocenters. The van der Waals surface area contributed by atoms with Crippen LogP contribution in [-0.2, 0) is 23.2 Å². The highest BCUT2D eigenvalue weighted by Gasteiger charge is 2.26. The summed E-state index contributed by atoms with van der Waals surface area (Å²) in [5.74, 6) is 2.15. The van der Waals surface area contributed by atoms with Crippen molar-refractivity contribution in [2.24, 2.45) is 18.9 Å². The first-order valence-electron chi connectivity index (χ1n) is 18.8. The Morgan fingerprint density at radius 3 is 2.26 bits per heavy atom. The van der Waals surface area contributed by atoms with Gasteiger partial charge in [0.05, 0.1) is 23.9 Å². The summed E-state index contributed by atoms with van der Waals surface area (Å²) in [6.07, 6.45) is 10.7. The van der Waals surface area contributed by atoms with Gasteiger partial charge in [0.25, 0.3) is 5.56 Å². The van der Waals surface area contributed by atoms with Gasteiger partial charge in [0.1, 0.15) is 12.0 Å². The van der Waals surface area contributed by atoms with Crippen molar-refractivity contribution in [3.8, 4) is 16.9 Å². The molecule has 11 heteroatoms. The van der Waals surface area contributed by atoms with Crippen LogP contribution in [0, 0.1) is 11.8 Å². The number of carbonyl (C=O) groups is 2. The molecule has 53 heavy (non-hydrogen) atoms. The number of aromatic nitrogens is 1. The summed E-state index contributed by atoms with van der Waals surface area (Å²) in [4.78, 5) is 40.7. The van der Waals surface area contributed by atoms with Gasteiger partial charge in [-0.3, -0.25) is 14.5 Å². The van der Waals surface area contributed by atoms with E-state index in [2.05, 4.69) is 26.5 Å². The number of piperidine rings is 2. The average Bonchev–Trinajstić information content (AvgIpc) is 3.18. The SMILES string of the molecule is CNC(=O)CCC(C=O)Nc1ccc(N2CCC(CCC3CCN(Cc4c(Cl)cc(-c5cn(C)c(=O)c6ccccc56)cc4OC)CC3)CC2)c(Cl)c1. The first-order chi connectivity index (χ1) is 25.7. The number of nitrogens with one attached hydrogen (secondary N) is 2. The maximum absolute atomic E-state index is 12.7. The van der Waals surface area contributed by atoms with Crippen LogP contribution < -0.4 is 25.8 Å². The minimum Gasteiger partial charge on any atom is -0.496 e. The van der Waals surface area contributed by atoms with Gasteiger partial charge in [-0.1, -0.05) is 54.2 Å². The van der Waals surface area contributed by atoms with E-state index >= 15 is 0 Å². The zero-order valence-corrected chi connectivity index (χ0v) is 32.5. The maximum Gasteiger partial charge on any atom is 0.258 e. The average molecular weight is 761 g/mol. The number of benzene rings is 3. The molecule has 2 fully saturated rings. The number of aldehydes is 1. The number of aryl methyl sites for hydroxylation is 1. The van der Waals surface area contributed by atoms with Gasteiger partial charge in [-0.25, -0.2) is 0 Å². The third-order valence-electron chi connectivity index (χ3n) is 11.2. The quantitative estimate of drug-likeness (QED) is 0.126. The second-order valence-corrected chi connectivity index (χ2v) is 15.4. The van der Waals surface area contributed by atoms with E-state index < -0.39 is 6.04 Å². The van der Waals surface area contributed by atoms with Crippen LogP contribution in [0.5, 0.6) is 5.75 Å². The van der Waals surface area contributed by atoms with Crippen molar-refractivity contribution in [3.63, 3.8) is 0 Å². The van der Waals surface area contributed by atoms with Crippen LogP contribution in [0.4, 0.5) is 11.4 Å². The summed E-state index contributed by atoms with van der Waals surface area (Å²) < 4.78 is 7.52. The van der Waals surface area contributed by atoms with E-state index in [0.717, 1.165) is 103 Å². The van der Waals surface area contributed by atoms with E-state index in [9.17, 15) is 14.4 Å². The van der Waals surface area contributed by atoms with E-state index in [1.807, 2.05) is 54.7 Å². The molecule has 1 amide bonds. The molecule has 2 N–H and O–H groups in total. The molecule has 0 aliphatic carbocycles. The van der Waals surface area contributed by atoms with Crippen LogP contribution in [0.2, 0.25) is 10.0 Å². The molecule has 1 unspecified atom stereocenters. The Labute approximate surface area is 322 Å². The van der Waals surface area contributed by atoms with Crippen molar-refractivity contribution in [2.75, 3.05) is 50.6 Å². The third kappa shape index (κ3) is 9.37. The fourth-order valence-corrected chi connectivity index (χ4v) is 8.56. The smallest absolute Gasteiger partial charge is 0.258 e. The summed E-state index contributed by atoms with van der Waals surface area (Å²) in [6, 6.07) is 17.2. The van der Waals surface area contributed by atoms with Crippen LogP contribution in [0.3, 0.4) is 0 Å². The molecule has 9 nitrogen and oxygen atoms in total. The minimum absolute atomic E-state index is 0.0188. The number of nitrogens with zero attached hydrogens (tertiary/aromatic N) is 3. The predicted octanol–water partition coefficient (Wildman–Crippen LogP) is 7.94. The van der Waals surface area contributed by atoms with Gasteiger partial charge in [-0.15, -0.1) is 0 Å². The number of carbonyl (C=O) groups excluding carboxylic acids is 2. The molecule has 2 aliphatic heterocycles. The Hall–Kier alpha value is -4.05. The second-order valence-electron chi connectivity index (χ2n) is 14.6. The number of anilines is 2.